The number of amides is 5. The molecule has 2 atom stereocenters. The van der Waals surface area contributed by atoms with Gasteiger partial charge in [0.2, 0.25) is 17.7 Å². The number of benzene rings is 2. The van der Waals surface area contributed by atoms with Crippen molar-refractivity contribution in [1.82, 2.24) is 30.3 Å². The molecule has 250 valence electrons. The number of thiophene rings is 1. The van der Waals surface area contributed by atoms with Crippen molar-refractivity contribution in [3.8, 4) is 10.8 Å². The highest BCUT2D eigenvalue weighted by atomic mass is 35.5. The van der Waals surface area contributed by atoms with E-state index in [1.165, 1.54) is 6.07 Å². The highest BCUT2D eigenvalue weighted by Gasteiger charge is 2.46. The number of fused-ring (bicyclic) bond motifs is 4. The van der Waals surface area contributed by atoms with E-state index in [0.717, 1.165) is 37.2 Å². The number of aromatic nitrogens is 3. The predicted octanol–water partition coefficient (Wildman–Crippen LogP) is 3.79. The van der Waals surface area contributed by atoms with E-state index in [-0.39, 0.29) is 55.2 Å². The summed E-state index contributed by atoms with van der Waals surface area (Å²) in [5, 5.41) is 15.4. The Kier molecular flexibility index (Phi) is 8.36. The van der Waals surface area contributed by atoms with Crippen LogP contribution in [0.5, 0.6) is 5.75 Å². The Bertz CT molecular complexity index is 2100. The van der Waals surface area contributed by atoms with E-state index in [9.17, 15) is 24.0 Å². The molecule has 0 aliphatic carbocycles. The number of piperidine rings is 1. The molecule has 13 nitrogen and oxygen atoms in total. The van der Waals surface area contributed by atoms with Crippen LogP contribution >= 0.6 is 22.9 Å². The Hall–Kier alpha value is -5.21. The van der Waals surface area contributed by atoms with Crippen molar-refractivity contribution in [3.63, 3.8) is 0 Å². The van der Waals surface area contributed by atoms with E-state index in [2.05, 4.69) is 34.7 Å². The average molecular weight is 700 g/mol. The zero-order chi connectivity index (χ0) is 34.6. The maximum absolute atomic E-state index is 13.4. The summed E-state index contributed by atoms with van der Waals surface area (Å²) in [6.07, 6.45) is 0.0540. The molecular weight excluding hydrogens is 670 g/mol. The van der Waals surface area contributed by atoms with Crippen molar-refractivity contribution >= 4 is 58.2 Å². The minimum absolute atomic E-state index is 0.00289. The smallest absolute Gasteiger partial charge is 0.266 e. The second-order valence-electron chi connectivity index (χ2n) is 11.9. The SMILES string of the molecule is Cc1sc2c(c1C)C(c1ccc(Cl)cc1)=NC(CC(=O)NCCOc1cccc3c1C(=O)N(C1CCC(=O)NC1=O)C3=O)c1nnc(C)n1-2. The second kappa shape index (κ2) is 12.7. The summed E-state index contributed by atoms with van der Waals surface area (Å²) in [6, 6.07) is 10.3. The molecule has 2 aromatic heterocycles. The number of aryl methyl sites for hydroxylation is 2. The van der Waals surface area contributed by atoms with Crippen LogP contribution in [0.1, 0.15) is 79.2 Å². The van der Waals surface area contributed by atoms with Gasteiger partial charge in [0.25, 0.3) is 11.8 Å². The van der Waals surface area contributed by atoms with Gasteiger partial charge in [0.05, 0.1) is 29.8 Å². The van der Waals surface area contributed by atoms with Crippen LogP contribution in [0.4, 0.5) is 0 Å². The van der Waals surface area contributed by atoms with Gasteiger partial charge in [-0.15, -0.1) is 21.5 Å². The molecule has 5 heterocycles. The van der Waals surface area contributed by atoms with E-state index in [4.69, 9.17) is 21.3 Å². The highest BCUT2D eigenvalue weighted by Crippen LogP contribution is 2.40. The van der Waals surface area contributed by atoms with Crippen molar-refractivity contribution in [3.05, 3.63) is 91.8 Å². The van der Waals surface area contributed by atoms with Gasteiger partial charge in [-0.05, 0) is 57.0 Å². The summed E-state index contributed by atoms with van der Waals surface area (Å²) in [4.78, 5) is 71.0. The summed E-state index contributed by atoms with van der Waals surface area (Å²) in [6.45, 7) is 6.08. The molecule has 5 amide bonds. The van der Waals surface area contributed by atoms with Gasteiger partial charge in [-0.2, -0.15) is 0 Å². The third-order valence-corrected chi connectivity index (χ3v) is 10.3. The summed E-state index contributed by atoms with van der Waals surface area (Å²) in [5.41, 5.74) is 3.80. The largest absolute Gasteiger partial charge is 0.491 e. The minimum Gasteiger partial charge on any atom is -0.491 e. The van der Waals surface area contributed by atoms with Gasteiger partial charge in [-0.1, -0.05) is 29.8 Å². The van der Waals surface area contributed by atoms with Gasteiger partial charge in [0.15, 0.2) is 5.82 Å². The van der Waals surface area contributed by atoms with Gasteiger partial charge < -0.3 is 10.1 Å². The molecule has 0 radical (unpaired) electrons. The maximum atomic E-state index is 13.4. The molecule has 4 aromatic rings. The van der Waals surface area contributed by atoms with E-state index in [0.29, 0.717) is 16.7 Å². The molecule has 2 N–H and O–H groups in total. The number of ether oxygens (including phenoxy) is 1. The first kappa shape index (κ1) is 32.3. The number of nitrogens with one attached hydrogen (secondary N) is 2. The van der Waals surface area contributed by atoms with Crippen LogP contribution in [0.2, 0.25) is 5.02 Å². The van der Waals surface area contributed by atoms with Crippen LogP contribution in [0, 0.1) is 20.8 Å². The number of imide groups is 2. The lowest BCUT2D eigenvalue weighted by atomic mass is 9.99. The normalized spacial score (nSPS) is 18.4. The van der Waals surface area contributed by atoms with Crippen molar-refractivity contribution in [1.29, 1.82) is 0 Å². The first-order chi connectivity index (χ1) is 23.5. The van der Waals surface area contributed by atoms with Crippen molar-refractivity contribution in [2.75, 3.05) is 13.2 Å². The summed E-state index contributed by atoms with van der Waals surface area (Å²) >= 11 is 7.82. The molecule has 49 heavy (non-hydrogen) atoms. The molecule has 0 spiro atoms. The monoisotopic (exact) mass is 699 g/mol. The predicted molar refractivity (Wildman–Crippen MR) is 180 cm³/mol. The number of halogens is 1. The Labute approximate surface area is 289 Å². The summed E-state index contributed by atoms with van der Waals surface area (Å²) in [7, 11) is 0. The van der Waals surface area contributed by atoms with Gasteiger partial charge in [-0.3, -0.25) is 43.7 Å². The number of nitrogens with zero attached hydrogens (tertiary/aromatic N) is 5. The first-order valence-corrected chi connectivity index (χ1v) is 16.8. The summed E-state index contributed by atoms with van der Waals surface area (Å²) < 4.78 is 7.85. The maximum Gasteiger partial charge on any atom is 0.266 e. The Morgan fingerprint density at radius 2 is 1.82 bits per heavy atom. The summed E-state index contributed by atoms with van der Waals surface area (Å²) in [5.74, 6) is -1.34. The molecule has 1 saturated heterocycles. The number of carbonyl (C=O) groups excluding carboxylic acids is 5. The topological polar surface area (TPSA) is 165 Å². The molecule has 3 aliphatic heterocycles. The highest BCUT2D eigenvalue weighted by molar-refractivity contribution is 7.15. The molecule has 0 saturated carbocycles. The number of hydrogen-bond acceptors (Lipinski definition) is 10. The van der Waals surface area contributed by atoms with Gasteiger partial charge in [-0.25, -0.2) is 0 Å². The molecule has 2 aromatic carbocycles. The van der Waals surface area contributed by atoms with E-state index in [1.54, 1.807) is 23.5 Å². The zero-order valence-corrected chi connectivity index (χ0v) is 28.3. The van der Waals surface area contributed by atoms with Crippen molar-refractivity contribution in [2.24, 2.45) is 4.99 Å². The fourth-order valence-electron chi connectivity index (χ4n) is 6.34. The van der Waals surface area contributed by atoms with Gasteiger partial charge >= 0.3 is 0 Å². The Balaban J connectivity index is 1.06. The third kappa shape index (κ3) is 5.70. The average Bonchev–Trinajstić information content (AvgIpc) is 3.65. The standard InChI is InChI=1S/C34H30ClN7O6S/c1-16-17(2)49-34-27(16)29(19-7-9-20(35)10-8-19)37-22(30-40-39-18(3)41(30)34)15-26(44)36-13-14-48-24-6-4-5-21-28(24)33(47)42(32(21)46)23-11-12-25(43)38-31(23)45/h4-10,22-23H,11-15H2,1-3H3,(H,36,44)(H,38,43,45). The van der Waals surface area contributed by atoms with Crippen molar-refractivity contribution in [2.45, 2.75) is 52.1 Å². The Morgan fingerprint density at radius 3 is 2.57 bits per heavy atom. The molecule has 0 bridgehead atoms. The second-order valence-corrected chi connectivity index (χ2v) is 13.6. The first-order valence-electron chi connectivity index (χ1n) is 15.6. The number of hydrogen-bond donors (Lipinski definition) is 2. The third-order valence-electron chi connectivity index (χ3n) is 8.85. The van der Waals surface area contributed by atoms with Crippen LogP contribution in [-0.4, -0.2) is 74.1 Å². The number of carbonyl (C=O) groups is 5. The van der Waals surface area contributed by atoms with E-state index >= 15 is 0 Å². The molecule has 15 heteroatoms. The fraction of sp³-hybridized carbons (Fsp3) is 0.294. The zero-order valence-electron chi connectivity index (χ0n) is 26.7. The van der Waals surface area contributed by atoms with E-state index < -0.39 is 35.7 Å². The lowest BCUT2D eigenvalue weighted by molar-refractivity contribution is -0.136. The molecular formula is C34H30ClN7O6S. The number of rotatable bonds is 8. The van der Waals surface area contributed by atoms with Crippen LogP contribution in [0.25, 0.3) is 5.00 Å². The molecule has 1 fully saturated rings. The van der Waals surface area contributed by atoms with E-state index in [1.807, 2.05) is 35.8 Å². The van der Waals surface area contributed by atoms with Crippen LogP contribution in [0.3, 0.4) is 0 Å². The molecule has 2 unspecified atom stereocenters. The molecule has 3 aliphatic rings. The van der Waals surface area contributed by atoms with Crippen LogP contribution in [-0.2, 0) is 14.4 Å². The minimum atomic E-state index is -1.09. The van der Waals surface area contributed by atoms with Gasteiger partial charge in [0.1, 0.15) is 35.3 Å². The quantitative estimate of drug-likeness (QED) is 0.207. The fourth-order valence-corrected chi connectivity index (χ4v) is 7.68. The lowest BCUT2D eigenvalue weighted by Gasteiger charge is -2.27. The van der Waals surface area contributed by atoms with Crippen LogP contribution < -0.4 is 15.4 Å². The van der Waals surface area contributed by atoms with Gasteiger partial charge in [0, 0.05) is 27.4 Å². The molecule has 7 rings (SSSR count). The number of aliphatic imine (C=N–C) groups is 1. The lowest BCUT2D eigenvalue weighted by Crippen LogP contribution is -2.54. The Morgan fingerprint density at radius 1 is 1.04 bits per heavy atom. The van der Waals surface area contributed by atoms with Crippen LogP contribution in [0.15, 0.2) is 47.5 Å². The van der Waals surface area contributed by atoms with Crippen molar-refractivity contribution < 1.29 is 28.7 Å².